The predicted molar refractivity (Wildman–Crippen MR) is 111 cm³/mol. The second-order valence-corrected chi connectivity index (χ2v) is 14.5. The van der Waals surface area contributed by atoms with Gasteiger partial charge in [-0.1, -0.05) is 57.2 Å². The first-order chi connectivity index (χ1) is 13.6. The zero-order valence-electron chi connectivity index (χ0n) is 17.8. The maximum atomic E-state index is 11.5. The lowest BCUT2D eigenvalue weighted by atomic mass is 9.73. The first kappa shape index (κ1) is 21.2. The molecule has 4 fully saturated rings. The fourth-order valence-corrected chi connectivity index (χ4v) is 5.33. The topological polar surface area (TPSA) is 66.4 Å². The third kappa shape index (κ3) is 3.52. The van der Waals surface area contributed by atoms with Crippen LogP contribution in [0.5, 0.6) is 0 Å². The van der Waals surface area contributed by atoms with E-state index in [9.17, 15) is 5.11 Å². The average molecular weight is 421 g/mol. The maximum Gasteiger partial charge on any atom is 0.273 e. The van der Waals surface area contributed by atoms with E-state index in [0.29, 0.717) is 6.61 Å². The molecule has 3 heterocycles. The Hall–Kier alpha value is -1.06. The van der Waals surface area contributed by atoms with Crippen molar-refractivity contribution in [2.45, 2.75) is 88.1 Å². The van der Waals surface area contributed by atoms with Gasteiger partial charge in [0.25, 0.3) is 6.48 Å². The van der Waals surface area contributed by atoms with Gasteiger partial charge in [-0.2, -0.15) is 0 Å². The van der Waals surface area contributed by atoms with Gasteiger partial charge in [-0.15, -0.1) is 6.58 Å². The van der Waals surface area contributed by atoms with Crippen molar-refractivity contribution in [2.75, 3.05) is 0 Å². The Kier molecular flexibility index (Phi) is 5.31. The van der Waals surface area contributed by atoms with E-state index in [1.807, 2.05) is 30.3 Å². The summed E-state index contributed by atoms with van der Waals surface area (Å²) in [5, 5.41) is 11.5. The van der Waals surface area contributed by atoms with Crippen molar-refractivity contribution in [2.24, 2.45) is 0 Å². The largest absolute Gasteiger partial charge is 0.408 e. The monoisotopic (exact) mass is 420 g/mol. The van der Waals surface area contributed by atoms with Gasteiger partial charge in [0.2, 0.25) is 0 Å². The molecule has 5 rings (SSSR count). The van der Waals surface area contributed by atoms with Gasteiger partial charge in [-0.3, -0.25) is 0 Å². The molecule has 4 bridgehead atoms. The van der Waals surface area contributed by atoms with Gasteiger partial charge in [0, 0.05) is 0 Å². The molecule has 6 nitrogen and oxygen atoms in total. The van der Waals surface area contributed by atoms with Crippen LogP contribution in [0.3, 0.4) is 0 Å². The summed E-state index contributed by atoms with van der Waals surface area (Å²) in [5.41, 5.74) is -0.368. The highest BCUT2D eigenvalue weighted by Crippen LogP contribution is 2.50. The third-order valence-electron chi connectivity index (χ3n) is 6.79. The molecule has 7 atom stereocenters. The number of ether oxygens (including phenoxy) is 4. The van der Waals surface area contributed by atoms with E-state index >= 15 is 0 Å². The number of hydrogen-bond donors (Lipinski definition) is 1. The molecule has 1 aromatic carbocycles. The zero-order valence-corrected chi connectivity index (χ0v) is 18.8. The van der Waals surface area contributed by atoms with Crippen LogP contribution in [0.1, 0.15) is 26.3 Å². The lowest BCUT2D eigenvalue weighted by molar-refractivity contribution is -0.494. The van der Waals surface area contributed by atoms with Crippen molar-refractivity contribution in [1.82, 2.24) is 0 Å². The molecule has 160 valence electrons. The van der Waals surface area contributed by atoms with Gasteiger partial charge < -0.3 is 28.5 Å². The molecule has 4 aliphatic rings. The first-order valence-corrected chi connectivity index (χ1v) is 13.1. The summed E-state index contributed by atoms with van der Waals surface area (Å²) >= 11 is 0. The summed E-state index contributed by atoms with van der Waals surface area (Å²) in [6, 6.07) is 9.92. The van der Waals surface area contributed by atoms with Crippen molar-refractivity contribution in [3.8, 4) is 0 Å². The van der Waals surface area contributed by atoms with E-state index in [-0.39, 0.29) is 11.1 Å². The molecular formula is C22H32O6Si. The molecule has 3 aliphatic heterocycles. The van der Waals surface area contributed by atoms with Gasteiger partial charge in [0.1, 0.15) is 36.1 Å². The van der Waals surface area contributed by atoms with Crippen molar-refractivity contribution in [3.63, 3.8) is 0 Å². The molecule has 1 aliphatic carbocycles. The molecule has 29 heavy (non-hydrogen) atoms. The summed E-state index contributed by atoms with van der Waals surface area (Å²) in [6.07, 6.45) is -1.06. The van der Waals surface area contributed by atoms with E-state index in [1.165, 1.54) is 6.08 Å². The van der Waals surface area contributed by atoms with E-state index in [4.69, 9.17) is 23.4 Å². The van der Waals surface area contributed by atoms with Crippen LogP contribution in [0.25, 0.3) is 0 Å². The maximum absolute atomic E-state index is 11.5. The molecular weight excluding hydrogens is 388 g/mol. The van der Waals surface area contributed by atoms with Gasteiger partial charge in [-0.05, 0) is 23.7 Å². The Morgan fingerprint density at radius 2 is 1.72 bits per heavy atom. The highest BCUT2D eigenvalue weighted by atomic mass is 28.4. The Bertz CT molecular complexity index is 747. The van der Waals surface area contributed by atoms with E-state index in [2.05, 4.69) is 40.4 Å². The van der Waals surface area contributed by atoms with E-state index < -0.39 is 44.8 Å². The number of aliphatic hydroxyl groups is 1. The summed E-state index contributed by atoms with van der Waals surface area (Å²) in [4.78, 5) is 0. The van der Waals surface area contributed by atoms with Crippen LogP contribution in [0.4, 0.5) is 0 Å². The molecule has 1 aromatic rings. The number of benzene rings is 1. The zero-order chi connectivity index (χ0) is 21.0. The second kappa shape index (κ2) is 7.27. The van der Waals surface area contributed by atoms with Crippen LogP contribution in [0.15, 0.2) is 43.0 Å². The van der Waals surface area contributed by atoms with Crippen molar-refractivity contribution >= 4 is 8.32 Å². The van der Waals surface area contributed by atoms with Crippen molar-refractivity contribution < 1.29 is 28.5 Å². The van der Waals surface area contributed by atoms with Crippen LogP contribution in [0, 0.1) is 0 Å². The Morgan fingerprint density at radius 3 is 2.31 bits per heavy atom. The van der Waals surface area contributed by atoms with Gasteiger partial charge in [-0.25, -0.2) is 0 Å². The molecule has 1 N–H and O–H groups in total. The highest BCUT2D eigenvalue weighted by Gasteiger charge is 2.69. The van der Waals surface area contributed by atoms with Gasteiger partial charge in [0.15, 0.2) is 8.32 Å². The Labute approximate surface area is 173 Å². The number of hydrogen-bond acceptors (Lipinski definition) is 6. The average Bonchev–Trinajstić information content (AvgIpc) is 2.67. The molecule has 0 spiro atoms. The lowest BCUT2D eigenvalue weighted by Gasteiger charge is -2.62. The Balaban J connectivity index is 1.63. The fourth-order valence-electron chi connectivity index (χ4n) is 4.04. The fraction of sp³-hybridized carbons (Fsp3) is 0.636. The van der Waals surface area contributed by atoms with Crippen LogP contribution in [0.2, 0.25) is 18.1 Å². The van der Waals surface area contributed by atoms with Crippen LogP contribution in [-0.4, -0.2) is 56.0 Å². The van der Waals surface area contributed by atoms with Crippen molar-refractivity contribution in [3.05, 3.63) is 48.6 Å². The minimum Gasteiger partial charge on any atom is -0.408 e. The standard InChI is InChI=1S/C22H32O6Si/c1-7-22(23)18-16(24-13-14-11-9-8-10-12-14)15-17(19(22)27-20(25-15)26-18)28-29(5,6)21(2,3)4/h7-12,15-20,23H,1,13H2,2-6H3/t15-,16+,17-,18-,19+,20+,22-/m0/s1. The summed E-state index contributed by atoms with van der Waals surface area (Å²) in [5.74, 6) is 0. The van der Waals surface area contributed by atoms with Crippen LogP contribution < -0.4 is 0 Å². The summed E-state index contributed by atoms with van der Waals surface area (Å²) in [6.45, 7) is 14.4. The third-order valence-corrected chi connectivity index (χ3v) is 11.3. The lowest BCUT2D eigenvalue weighted by Crippen LogP contribution is -2.81. The molecule has 0 aromatic heterocycles. The number of rotatable bonds is 6. The summed E-state index contributed by atoms with van der Waals surface area (Å²) < 4.78 is 30.7. The van der Waals surface area contributed by atoms with E-state index in [1.54, 1.807) is 0 Å². The smallest absolute Gasteiger partial charge is 0.273 e. The quantitative estimate of drug-likeness (QED) is 0.562. The van der Waals surface area contributed by atoms with Crippen LogP contribution in [-0.2, 0) is 30.0 Å². The first-order valence-electron chi connectivity index (χ1n) is 10.2. The van der Waals surface area contributed by atoms with Gasteiger partial charge >= 0.3 is 0 Å². The molecule has 1 saturated carbocycles. The molecule has 0 unspecified atom stereocenters. The minimum absolute atomic E-state index is 0.00481. The van der Waals surface area contributed by atoms with Gasteiger partial charge in [0.05, 0.1) is 6.61 Å². The molecule has 0 radical (unpaired) electrons. The molecule has 7 heteroatoms. The Morgan fingerprint density at radius 1 is 1.10 bits per heavy atom. The normalized spacial score (nSPS) is 39.0. The van der Waals surface area contributed by atoms with E-state index in [0.717, 1.165) is 5.56 Å². The predicted octanol–water partition coefficient (Wildman–Crippen LogP) is 3.36. The minimum atomic E-state index is -2.16. The SMILES string of the molecule is C=C[C@@]1(O)[C@@H]2O[C@@H]3O[C@@H]([C@@H](OCc4ccccc4)[C@@H]1O3)[C@@H]2O[Si](C)(C)C(C)(C)C. The van der Waals surface area contributed by atoms with Crippen LogP contribution >= 0.6 is 0 Å². The molecule has 3 saturated heterocycles. The highest BCUT2D eigenvalue weighted by molar-refractivity contribution is 6.74. The van der Waals surface area contributed by atoms with Crippen molar-refractivity contribution in [1.29, 1.82) is 0 Å². The second-order valence-electron chi connectivity index (χ2n) is 9.70. The molecule has 0 amide bonds. The summed E-state index contributed by atoms with van der Waals surface area (Å²) in [7, 11) is -2.16.